The van der Waals surface area contributed by atoms with Gasteiger partial charge in [-0.15, -0.1) is 0 Å². The van der Waals surface area contributed by atoms with E-state index in [0.717, 1.165) is 11.8 Å². The quantitative estimate of drug-likeness (QED) is 0.550. The summed E-state index contributed by atoms with van der Waals surface area (Å²) in [7, 11) is 0. The Labute approximate surface area is 88.3 Å². The van der Waals surface area contributed by atoms with Gasteiger partial charge in [0.1, 0.15) is 0 Å². The van der Waals surface area contributed by atoms with Crippen molar-refractivity contribution in [3.8, 4) is 0 Å². The largest absolute Gasteiger partial charge is 0.370 e. The molecule has 0 radical (unpaired) electrons. The summed E-state index contributed by atoms with van der Waals surface area (Å²) in [5.41, 5.74) is 1.05. The van der Waals surface area contributed by atoms with Crippen LogP contribution in [0.1, 0.15) is 12.5 Å². The van der Waals surface area contributed by atoms with Crippen molar-refractivity contribution >= 4 is 0 Å². The zero-order chi connectivity index (χ0) is 11.1. The van der Waals surface area contributed by atoms with Crippen molar-refractivity contribution in [1.82, 2.24) is 0 Å². The maximum Gasteiger partial charge on any atom is 0.233 e. The molecule has 0 bridgehead atoms. The molecule has 0 saturated heterocycles. The van der Waals surface area contributed by atoms with Crippen molar-refractivity contribution in [1.29, 1.82) is 0 Å². The molecule has 0 fully saturated rings. The average molecular weight is 207 g/mol. The summed E-state index contributed by atoms with van der Waals surface area (Å²) in [6.07, 6.45) is 2.06. The van der Waals surface area contributed by atoms with Gasteiger partial charge in [-0.05, 0) is 12.5 Å². The van der Waals surface area contributed by atoms with Crippen LogP contribution in [0.3, 0.4) is 0 Å². The minimum atomic E-state index is -0.498. The Balaban J connectivity index is 2.34. The van der Waals surface area contributed by atoms with E-state index in [1.165, 1.54) is 6.08 Å². The number of ether oxygens (including phenoxy) is 1. The fourth-order valence-electron chi connectivity index (χ4n) is 1.05. The Kier molecular flexibility index (Phi) is 4.50. The maximum atomic E-state index is 10.0. The highest BCUT2D eigenvalue weighted by atomic mass is 16.6. The molecule has 0 heterocycles. The normalized spacial score (nSPS) is 12.9. The molecule has 1 aromatic carbocycles. The fourth-order valence-corrected chi connectivity index (χ4v) is 1.05. The molecule has 15 heavy (non-hydrogen) atoms. The first-order chi connectivity index (χ1) is 7.18. The maximum absolute atomic E-state index is 10.0. The van der Waals surface area contributed by atoms with E-state index in [9.17, 15) is 10.1 Å². The van der Waals surface area contributed by atoms with Gasteiger partial charge in [-0.3, -0.25) is 10.1 Å². The summed E-state index contributed by atoms with van der Waals surface area (Å²) in [5.74, 6) is 0. The van der Waals surface area contributed by atoms with Gasteiger partial charge >= 0.3 is 0 Å². The molecule has 4 heteroatoms. The van der Waals surface area contributed by atoms with Gasteiger partial charge < -0.3 is 4.74 Å². The molecule has 0 aliphatic heterocycles. The van der Waals surface area contributed by atoms with Crippen LogP contribution < -0.4 is 0 Å². The molecule has 0 saturated carbocycles. The lowest BCUT2D eigenvalue weighted by atomic mass is 10.2. The molecule has 0 amide bonds. The van der Waals surface area contributed by atoms with Gasteiger partial charge in [0.15, 0.2) is 0 Å². The lowest BCUT2D eigenvalue weighted by Gasteiger charge is -2.07. The highest BCUT2D eigenvalue weighted by Gasteiger charge is 1.99. The summed E-state index contributed by atoms with van der Waals surface area (Å²) in [4.78, 5) is 9.54. The van der Waals surface area contributed by atoms with Crippen LogP contribution in [0.25, 0.3) is 0 Å². The standard InChI is InChI=1S/C11H13NO3/c1-10(7-8-12(13)14)15-9-11-5-3-2-4-6-11/h2-8,10H,9H2,1H3/b8-7+. The third kappa shape index (κ3) is 4.93. The summed E-state index contributed by atoms with van der Waals surface area (Å²) in [6, 6.07) is 9.68. The summed E-state index contributed by atoms with van der Waals surface area (Å²) in [5, 5.41) is 10.0. The number of nitrogens with zero attached hydrogens (tertiary/aromatic N) is 1. The van der Waals surface area contributed by atoms with E-state index in [1.54, 1.807) is 6.92 Å². The first kappa shape index (κ1) is 11.4. The number of hydrogen-bond acceptors (Lipinski definition) is 3. The van der Waals surface area contributed by atoms with Crippen LogP contribution in [0.5, 0.6) is 0 Å². The third-order valence-corrected chi connectivity index (χ3v) is 1.83. The van der Waals surface area contributed by atoms with Gasteiger partial charge in [-0.25, -0.2) is 0 Å². The molecule has 0 N–H and O–H groups in total. The van der Waals surface area contributed by atoms with Gasteiger partial charge in [0, 0.05) is 6.08 Å². The van der Waals surface area contributed by atoms with E-state index in [0.29, 0.717) is 6.61 Å². The molecule has 0 aromatic heterocycles. The molecule has 1 atom stereocenters. The predicted molar refractivity (Wildman–Crippen MR) is 56.8 cm³/mol. The van der Waals surface area contributed by atoms with Gasteiger partial charge in [0.05, 0.1) is 17.6 Å². The molecule has 4 nitrogen and oxygen atoms in total. The molecule has 1 rings (SSSR count). The minimum absolute atomic E-state index is 0.254. The Bertz CT molecular complexity index is 335. The molecular weight excluding hydrogens is 194 g/mol. The minimum Gasteiger partial charge on any atom is -0.370 e. The van der Waals surface area contributed by atoms with Crippen LogP contribution in [0.2, 0.25) is 0 Å². The van der Waals surface area contributed by atoms with Crippen LogP contribution in [-0.2, 0) is 11.3 Å². The topological polar surface area (TPSA) is 52.4 Å². The monoisotopic (exact) mass is 207 g/mol. The van der Waals surface area contributed by atoms with Gasteiger partial charge in [0.2, 0.25) is 6.20 Å². The van der Waals surface area contributed by atoms with E-state index in [1.807, 2.05) is 30.3 Å². The molecule has 1 aromatic rings. The number of hydrogen-bond donors (Lipinski definition) is 0. The van der Waals surface area contributed by atoms with Crippen LogP contribution in [0, 0.1) is 10.1 Å². The smallest absolute Gasteiger partial charge is 0.233 e. The van der Waals surface area contributed by atoms with Crippen molar-refractivity contribution in [3.63, 3.8) is 0 Å². The van der Waals surface area contributed by atoms with E-state index >= 15 is 0 Å². The van der Waals surface area contributed by atoms with Crippen LogP contribution in [0.15, 0.2) is 42.6 Å². The SMILES string of the molecule is CC(/C=C/[N+](=O)[O-])OCc1ccccc1. The third-order valence-electron chi connectivity index (χ3n) is 1.83. The lowest BCUT2D eigenvalue weighted by Crippen LogP contribution is -2.05. The second-order valence-corrected chi connectivity index (χ2v) is 3.13. The van der Waals surface area contributed by atoms with Crippen LogP contribution in [-0.4, -0.2) is 11.0 Å². The number of nitro groups is 1. The summed E-state index contributed by atoms with van der Waals surface area (Å²) >= 11 is 0. The van der Waals surface area contributed by atoms with E-state index in [2.05, 4.69) is 0 Å². The van der Waals surface area contributed by atoms with Gasteiger partial charge in [-0.1, -0.05) is 30.3 Å². The second kappa shape index (κ2) is 5.93. The fraction of sp³-hybridized carbons (Fsp3) is 0.273. The van der Waals surface area contributed by atoms with E-state index in [4.69, 9.17) is 4.74 Å². The van der Waals surface area contributed by atoms with Gasteiger partial charge in [0.25, 0.3) is 0 Å². The lowest BCUT2D eigenvalue weighted by molar-refractivity contribution is -0.403. The second-order valence-electron chi connectivity index (χ2n) is 3.13. The Morgan fingerprint density at radius 3 is 2.73 bits per heavy atom. The van der Waals surface area contributed by atoms with Crippen molar-refractivity contribution in [2.75, 3.05) is 0 Å². The van der Waals surface area contributed by atoms with Crippen molar-refractivity contribution in [2.45, 2.75) is 19.6 Å². The molecule has 80 valence electrons. The zero-order valence-electron chi connectivity index (χ0n) is 8.50. The average Bonchev–Trinajstić information content (AvgIpc) is 2.25. The molecule has 1 unspecified atom stereocenters. The summed E-state index contributed by atoms with van der Waals surface area (Å²) < 4.78 is 5.39. The van der Waals surface area contributed by atoms with E-state index in [-0.39, 0.29) is 6.10 Å². The molecule has 0 aliphatic rings. The first-order valence-corrected chi connectivity index (χ1v) is 4.66. The zero-order valence-corrected chi connectivity index (χ0v) is 8.50. The van der Waals surface area contributed by atoms with Crippen molar-refractivity contribution in [2.24, 2.45) is 0 Å². The van der Waals surface area contributed by atoms with Gasteiger partial charge in [-0.2, -0.15) is 0 Å². The molecule has 0 aliphatic carbocycles. The highest BCUT2D eigenvalue weighted by Crippen LogP contribution is 2.03. The summed E-state index contributed by atoms with van der Waals surface area (Å²) in [6.45, 7) is 2.23. The highest BCUT2D eigenvalue weighted by molar-refractivity contribution is 5.13. The first-order valence-electron chi connectivity index (χ1n) is 4.66. The predicted octanol–water partition coefficient (Wildman–Crippen LogP) is 2.38. The Morgan fingerprint density at radius 1 is 1.47 bits per heavy atom. The van der Waals surface area contributed by atoms with Crippen LogP contribution in [0.4, 0.5) is 0 Å². The van der Waals surface area contributed by atoms with E-state index < -0.39 is 4.92 Å². The molecular formula is C11H13NO3. The van der Waals surface area contributed by atoms with Crippen molar-refractivity contribution < 1.29 is 9.66 Å². The molecule has 0 spiro atoms. The number of rotatable bonds is 5. The number of benzene rings is 1. The Morgan fingerprint density at radius 2 is 2.13 bits per heavy atom. The van der Waals surface area contributed by atoms with Crippen molar-refractivity contribution in [3.05, 3.63) is 58.3 Å². The van der Waals surface area contributed by atoms with Crippen LogP contribution >= 0.6 is 0 Å². The Hall–Kier alpha value is -1.68.